The zero-order valence-electron chi connectivity index (χ0n) is 12.5. The second-order valence-corrected chi connectivity index (χ2v) is 5.02. The van der Waals surface area contributed by atoms with Gasteiger partial charge in [-0.3, -0.25) is 4.79 Å². The first kappa shape index (κ1) is 14.2. The van der Waals surface area contributed by atoms with E-state index in [1.54, 1.807) is 0 Å². The maximum absolute atomic E-state index is 12.2. The fourth-order valence-electron chi connectivity index (χ4n) is 2.33. The van der Waals surface area contributed by atoms with Crippen molar-refractivity contribution in [2.75, 3.05) is 6.61 Å². The summed E-state index contributed by atoms with van der Waals surface area (Å²) in [7, 11) is 0. The summed E-state index contributed by atoms with van der Waals surface area (Å²) in [6.45, 7) is 3.10. The minimum Gasteiger partial charge on any atom is -0.494 e. The highest BCUT2D eigenvalue weighted by Crippen LogP contribution is 2.13. The lowest BCUT2D eigenvalue weighted by Gasteiger charge is -2.06. The van der Waals surface area contributed by atoms with Gasteiger partial charge >= 0.3 is 0 Å². The molecule has 0 saturated carbocycles. The first-order valence-corrected chi connectivity index (χ1v) is 7.33. The van der Waals surface area contributed by atoms with E-state index in [1.165, 1.54) is 0 Å². The van der Waals surface area contributed by atoms with Gasteiger partial charge < -0.3 is 14.5 Å². The van der Waals surface area contributed by atoms with Crippen molar-refractivity contribution in [1.82, 2.24) is 9.72 Å². The highest BCUT2D eigenvalue weighted by molar-refractivity contribution is 5.95. The summed E-state index contributed by atoms with van der Waals surface area (Å²) in [6, 6.07) is 15.5. The second-order valence-electron chi connectivity index (χ2n) is 5.02. The van der Waals surface area contributed by atoms with Crippen LogP contribution in [0.3, 0.4) is 0 Å². The summed E-state index contributed by atoms with van der Waals surface area (Å²) in [5.74, 6) is 0.772. The van der Waals surface area contributed by atoms with Gasteiger partial charge in [0.05, 0.1) is 12.2 Å². The Balaban J connectivity index is 1.64. The maximum atomic E-state index is 12.2. The Morgan fingerprint density at radius 2 is 2.00 bits per heavy atom. The average molecular weight is 294 g/mol. The van der Waals surface area contributed by atoms with E-state index in [-0.39, 0.29) is 5.91 Å². The Kier molecular flexibility index (Phi) is 4.10. The minimum atomic E-state index is -0.0717. The lowest BCUT2D eigenvalue weighted by Crippen LogP contribution is -2.22. The van der Waals surface area contributed by atoms with Gasteiger partial charge in [-0.1, -0.05) is 18.2 Å². The van der Waals surface area contributed by atoms with Gasteiger partial charge in [-0.15, -0.1) is 0 Å². The van der Waals surface area contributed by atoms with Crippen molar-refractivity contribution in [3.63, 3.8) is 0 Å². The molecule has 0 fully saturated rings. The number of carbonyl (C=O) groups excluding carboxylic acids is 1. The van der Waals surface area contributed by atoms with Crippen molar-refractivity contribution in [2.24, 2.45) is 0 Å². The molecule has 0 aliphatic heterocycles. The molecule has 0 spiro atoms. The molecule has 4 heteroatoms. The number of benzene rings is 1. The SMILES string of the molecule is CCOc1ccc(CNC(=O)c2cc3ccccn3c2)cc1. The molecule has 2 aromatic heterocycles. The van der Waals surface area contributed by atoms with Crippen LogP contribution < -0.4 is 10.1 Å². The molecule has 1 aromatic carbocycles. The number of hydrogen-bond acceptors (Lipinski definition) is 2. The quantitative estimate of drug-likeness (QED) is 0.785. The summed E-state index contributed by atoms with van der Waals surface area (Å²) >= 11 is 0. The largest absolute Gasteiger partial charge is 0.494 e. The smallest absolute Gasteiger partial charge is 0.253 e. The summed E-state index contributed by atoms with van der Waals surface area (Å²) in [6.07, 6.45) is 3.77. The Morgan fingerprint density at radius 1 is 1.18 bits per heavy atom. The first-order chi connectivity index (χ1) is 10.8. The van der Waals surface area contributed by atoms with Crippen molar-refractivity contribution < 1.29 is 9.53 Å². The molecular formula is C18H18N2O2. The summed E-state index contributed by atoms with van der Waals surface area (Å²) in [5, 5.41) is 2.93. The lowest BCUT2D eigenvalue weighted by molar-refractivity contribution is 0.0951. The van der Waals surface area contributed by atoms with Crippen LogP contribution in [-0.4, -0.2) is 16.9 Å². The highest BCUT2D eigenvalue weighted by atomic mass is 16.5. The van der Waals surface area contributed by atoms with E-state index >= 15 is 0 Å². The molecule has 0 aliphatic rings. The second kappa shape index (κ2) is 6.35. The molecule has 112 valence electrons. The van der Waals surface area contributed by atoms with Gasteiger partial charge in [-0.25, -0.2) is 0 Å². The topological polar surface area (TPSA) is 42.7 Å². The van der Waals surface area contributed by atoms with Gasteiger partial charge in [0.15, 0.2) is 0 Å². The Labute approximate surface area is 129 Å². The number of carbonyl (C=O) groups is 1. The molecule has 0 bridgehead atoms. The molecule has 22 heavy (non-hydrogen) atoms. The standard InChI is InChI=1S/C18H18N2O2/c1-2-22-17-8-6-14(7-9-17)12-19-18(21)15-11-16-5-3-4-10-20(16)13-15/h3-11,13H,2,12H2,1H3,(H,19,21). The van der Waals surface area contributed by atoms with Gasteiger partial charge in [-0.05, 0) is 42.8 Å². The van der Waals surface area contributed by atoms with Gasteiger partial charge in [0.1, 0.15) is 5.75 Å². The van der Waals surface area contributed by atoms with Gasteiger partial charge in [0, 0.05) is 24.5 Å². The van der Waals surface area contributed by atoms with E-state index in [4.69, 9.17) is 4.74 Å². The van der Waals surface area contributed by atoms with Crippen LogP contribution in [0.25, 0.3) is 5.52 Å². The van der Waals surface area contributed by atoms with Crippen LogP contribution >= 0.6 is 0 Å². The van der Waals surface area contributed by atoms with Crippen molar-refractivity contribution in [3.05, 3.63) is 72.1 Å². The molecule has 0 aliphatic carbocycles. The zero-order chi connectivity index (χ0) is 15.4. The van der Waals surface area contributed by atoms with Gasteiger partial charge in [0.25, 0.3) is 5.91 Å². The number of hydrogen-bond donors (Lipinski definition) is 1. The summed E-state index contributed by atoms with van der Waals surface area (Å²) in [4.78, 5) is 12.2. The fourth-order valence-corrected chi connectivity index (χ4v) is 2.33. The number of ether oxygens (including phenoxy) is 1. The van der Waals surface area contributed by atoms with E-state index < -0.39 is 0 Å². The normalized spacial score (nSPS) is 10.6. The number of pyridine rings is 1. The lowest BCUT2D eigenvalue weighted by atomic mass is 10.2. The number of nitrogens with zero attached hydrogens (tertiary/aromatic N) is 1. The average Bonchev–Trinajstić information content (AvgIpc) is 2.98. The molecule has 1 N–H and O–H groups in total. The van der Waals surface area contributed by atoms with Crippen molar-refractivity contribution >= 4 is 11.4 Å². The molecule has 0 saturated heterocycles. The molecule has 3 aromatic rings. The molecular weight excluding hydrogens is 276 g/mol. The third kappa shape index (κ3) is 3.11. The van der Waals surface area contributed by atoms with E-state index in [0.29, 0.717) is 18.7 Å². The number of fused-ring (bicyclic) bond motifs is 1. The van der Waals surface area contributed by atoms with Crippen LogP contribution in [0.4, 0.5) is 0 Å². The predicted octanol–water partition coefficient (Wildman–Crippen LogP) is 3.27. The molecule has 1 amide bonds. The van der Waals surface area contributed by atoms with Crippen LogP contribution in [0.1, 0.15) is 22.8 Å². The Hall–Kier alpha value is -2.75. The molecule has 4 nitrogen and oxygen atoms in total. The summed E-state index contributed by atoms with van der Waals surface area (Å²) < 4.78 is 7.34. The van der Waals surface area contributed by atoms with Crippen molar-refractivity contribution in [1.29, 1.82) is 0 Å². The van der Waals surface area contributed by atoms with Crippen LogP contribution in [-0.2, 0) is 6.54 Å². The minimum absolute atomic E-state index is 0.0717. The van der Waals surface area contributed by atoms with Crippen LogP contribution in [0.2, 0.25) is 0 Å². The van der Waals surface area contributed by atoms with E-state index in [0.717, 1.165) is 16.8 Å². The van der Waals surface area contributed by atoms with E-state index in [9.17, 15) is 4.79 Å². The molecule has 2 heterocycles. The fraction of sp³-hybridized carbons (Fsp3) is 0.167. The Morgan fingerprint density at radius 3 is 2.73 bits per heavy atom. The molecule has 0 unspecified atom stereocenters. The molecule has 3 rings (SSSR count). The number of aromatic nitrogens is 1. The monoisotopic (exact) mass is 294 g/mol. The van der Waals surface area contributed by atoms with E-state index in [1.807, 2.05) is 72.2 Å². The first-order valence-electron chi connectivity index (χ1n) is 7.33. The van der Waals surface area contributed by atoms with Gasteiger partial charge in [0.2, 0.25) is 0 Å². The van der Waals surface area contributed by atoms with Crippen LogP contribution in [0.15, 0.2) is 60.9 Å². The Bertz CT molecular complexity index is 742. The summed E-state index contributed by atoms with van der Waals surface area (Å²) in [5.41, 5.74) is 2.71. The third-order valence-electron chi connectivity index (χ3n) is 3.45. The van der Waals surface area contributed by atoms with Crippen LogP contribution in [0, 0.1) is 0 Å². The molecule has 0 radical (unpaired) electrons. The third-order valence-corrected chi connectivity index (χ3v) is 3.45. The maximum Gasteiger partial charge on any atom is 0.253 e. The van der Waals surface area contributed by atoms with Crippen LogP contribution in [0.5, 0.6) is 5.75 Å². The predicted molar refractivity (Wildman–Crippen MR) is 86.2 cm³/mol. The van der Waals surface area contributed by atoms with Crippen molar-refractivity contribution in [3.8, 4) is 5.75 Å². The number of rotatable bonds is 5. The van der Waals surface area contributed by atoms with E-state index in [2.05, 4.69) is 5.32 Å². The van der Waals surface area contributed by atoms with Crippen molar-refractivity contribution in [2.45, 2.75) is 13.5 Å². The zero-order valence-corrected chi connectivity index (χ0v) is 12.5. The number of nitrogens with one attached hydrogen (secondary N) is 1. The highest BCUT2D eigenvalue weighted by Gasteiger charge is 2.08. The number of amides is 1. The van der Waals surface area contributed by atoms with Gasteiger partial charge in [-0.2, -0.15) is 0 Å². The molecule has 0 atom stereocenters.